The highest BCUT2D eigenvalue weighted by molar-refractivity contribution is 5.92. The lowest BCUT2D eigenvalue weighted by atomic mass is 9.85. The van der Waals surface area contributed by atoms with E-state index in [1.807, 2.05) is 12.1 Å². The number of nitrogens with two attached hydrogens (primary N) is 1. The monoisotopic (exact) mass is 325 g/mol. The van der Waals surface area contributed by atoms with Crippen molar-refractivity contribution in [3.63, 3.8) is 0 Å². The Kier molecular flexibility index (Phi) is 4.81. The number of primary amides is 1. The number of fused-ring (bicyclic) bond motifs is 1. The van der Waals surface area contributed by atoms with E-state index < -0.39 is 5.91 Å². The van der Waals surface area contributed by atoms with E-state index in [2.05, 4.69) is 30.2 Å². The highest BCUT2D eigenvalue weighted by Crippen LogP contribution is 2.36. The van der Waals surface area contributed by atoms with Crippen LogP contribution in [0.2, 0.25) is 0 Å². The van der Waals surface area contributed by atoms with Crippen molar-refractivity contribution in [3.05, 3.63) is 53.2 Å². The number of carbonyl (C=O) groups excluding carboxylic acids is 1. The normalized spacial score (nSPS) is 17.8. The van der Waals surface area contributed by atoms with E-state index in [0.717, 1.165) is 25.1 Å². The van der Waals surface area contributed by atoms with E-state index in [1.54, 1.807) is 12.1 Å². The van der Waals surface area contributed by atoms with Crippen molar-refractivity contribution in [3.8, 4) is 11.6 Å². The number of aromatic nitrogens is 1. The minimum Gasteiger partial charge on any atom is -0.439 e. The number of amides is 1. The first kappa shape index (κ1) is 16.5. The van der Waals surface area contributed by atoms with Gasteiger partial charge in [0, 0.05) is 23.9 Å². The van der Waals surface area contributed by atoms with Gasteiger partial charge in [0.1, 0.15) is 5.75 Å². The Morgan fingerprint density at radius 3 is 2.92 bits per heavy atom. The molecular weight excluding hydrogens is 302 g/mol. The summed E-state index contributed by atoms with van der Waals surface area (Å²) in [6.07, 6.45) is 3.49. The molecule has 2 unspecified atom stereocenters. The lowest BCUT2D eigenvalue weighted by molar-refractivity contribution is 0.1000. The molecule has 0 radical (unpaired) electrons. The Morgan fingerprint density at radius 1 is 1.42 bits per heavy atom. The fraction of sp³-hybridized carbons (Fsp3) is 0.368. The van der Waals surface area contributed by atoms with Crippen molar-refractivity contribution in [2.75, 3.05) is 6.54 Å². The Hall–Kier alpha value is -2.40. The van der Waals surface area contributed by atoms with Gasteiger partial charge in [0.15, 0.2) is 0 Å². The lowest BCUT2D eigenvalue weighted by Gasteiger charge is -2.32. The maximum absolute atomic E-state index is 11.1. The minimum absolute atomic E-state index is 0.354. The molecule has 0 spiro atoms. The number of carbonyl (C=O) groups is 1. The molecule has 0 saturated carbocycles. The molecule has 0 aliphatic carbocycles. The molecule has 1 amide bonds. The molecule has 2 atom stereocenters. The number of hydrogen-bond donors (Lipinski definition) is 2. The van der Waals surface area contributed by atoms with Crippen LogP contribution in [0.1, 0.15) is 47.8 Å². The van der Waals surface area contributed by atoms with Crippen LogP contribution in [-0.4, -0.2) is 17.4 Å². The number of hydrogen-bond acceptors (Lipinski definition) is 4. The first-order valence-electron chi connectivity index (χ1n) is 8.39. The van der Waals surface area contributed by atoms with Crippen LogP contribution in [0.15, 0.2) is 36.5 Å². The zero-order chi connectivity index (χ0) is 17.1. The summed E-state index contributed by atoms with van der Waals surface area (Å²) in [6, 6.07) is 9.83. The van der Waals surface area contributed by atoms with Gasteiger partial charge in [0.2, 0.25) is 11.8 Å². The summed E-state index contributed by atoms with van der Waals surface area (Å²) in [6.45, 7) is 5.42. The average molecular weight is 325 g/mol. The van der Waals surface area contributed by atoms with Crippen LogP contribution >= 0.6 is 0 Å². The van der Waals surface area contributed by atoms with Crippen molar-refractivity contribution in [2.24, 2.45) is 11.7 Å². The number of rotatable bonds is 5. The SMILES string of the molecule is CCC(C)C1NCCc2c(Oc3ccc(C(N)=O)cn3)cccc21. The third-order valence-corrected chi connectivity index (χ3v) is 4.69. The molecule has 1 aromatic carbocycles. The Morgan fingerprint density at radius 2 is 2.25 bits per heavy atom. The molecule has 1 aliphatic rings. The maximum atomic E-state index is 11.1. The van der Waals surface area contributed by atoms with Gasteiger partial charge in [-0.1, -0.05) is 32.4 Å². The second-order valence-corrected chi connectivity index (χ2v) is 6.24. The predicted octanol–water partition coefficient (Wildman–Crippen LogP) is 3.21. The summed E-state index contributed by atoms with van der Waals surface area (Å²) < 4.78 is 5.98. The Labute approximate surface area is 142 Å². The standard InChI is InChI=1S/C19H23N3O2/c1-3-12(2)18-15-5-4-6-16(14(15)9-10-21-18)24-17-8-7-13(11-22-17)19(20)23/h4-8,11-12,18,21H,3,9-10H2,1-2H3,(H2,20,23). The second kappa shape index (κ2) is 7.01. The van der Waals surface area contributed by atoms with Gasteiger partial charge < -0.3 is 15.8 Å². The third-order valence-electron chi connectivity index (χ3n) is 4.69. The van der Waals surface area contributed by atoms with Crippen LogP contribution in [-0.2, 0) is 6.42 Å². The smallest absolute Gasteiger partial charge is 0.250 e. The first-order chi connectivity index (χ1) is 11.6. The van der Waals surface area contributed by atoms with Crippen molar-refractivity contribution in [1.82, 2.24) is 10.3 Å². The molecule has 24 heavy (non-hydrogen) atoms. The minimum atomic E-state index is -0.492. The van der Waals surface area contributed by atoms with Gasteiger partial charge in [-0.05, 0) is 36.6 Å². The van der Waals surface area contributed by atoms with Gasteiger partial charge in [-0.3, -0.25) is 4.79 Å². The second-order valence-electron chi connectivity index (χ2n) is 6.24. The van der Waals surface area contributed by atoms with Crippen molar-refractivity contribution < 1.29 is 9.53 Å². The number of benzene rings is 1. The molecule has 3 N–H and O–H groups in total. The molecular formula is C19H23N3O2. The molecule has 2 aromatic rings. The van der Waals surface area contributed by atoms with Crippen LogP contribution in [0.3, 0.4) is 0 Å². The zero-order valence-electron chi connectivity index (χ0n) is 14.1. The van der Waals surface area contributed by atoms with Gasteiger partial charge in [-0.25, -0.2) is 4.98 Å². The molecule has 0 bridgehead atoms. The molecule has 2 heterocycles. The van der Waals surface area contributed by atoms with Crippen LogP contribution in [0, 0.1) is 5.92 Å². The van der Waals surface area contributed by atoms with Crippen LogP contribution in [0.5, 0.6) is 11.6 Å². The molecule has 3 rings (SSSR count). The van der Waals surface area contributed by atoms with Crippen molar-refractivity contribution >= 4 is 5.91 Å². The van der Waals surface area contributed by atoms with Gasteiger partial charge in [-0.2, -0.15) is 0 Å². The average Bonchev–Trinajstić information content (AvgIpc) is 2.61. The maximum Gasteiger partial charge on any atom is 0.250 e. The highest BCUT2D eigenvalue weighted by atomic mass is 16.5. The molecule has 1 aliphatic heterocycles. The highest BCUT2D eigenvalue weighted by Gasteiger charge is 2.26. The van der Waals surface area contributed by atoms with Crippen LogP contribution < -0.4 is 15.8 Å². The zero-order valence-corrected chi connectivity index (χ0v) is 14.1. The molecule has 0 fully saturated rings. The van der Waals surface area contributed by atoms with Gasteiger partial charge in [-0.15, -0.1) is 0 Å². The summed E-state index contributed by atoms with van der Waals surface area (Å²) in [5, 5.41) is 3.61. The van der Waals surface area contributed by atoms with Crippen LogP contribution in [0.25, 0.3) is 0 Å². The van der Waals surface area contributed by atoms with Gasteiger partial charge in [0.25, 0.3) is 0 Å². The number of nitrogens with zero attached hydrogens (tertiary/aromatic N) is 1. The van der Waals surface area contributed by atoms with E-state index in [-0.39, 0.29) is 0 Å². The van der Waals surface area contributed by atoms with Gasteiger partial charge in [0.05, 0.1) is 5.56 Å². The lowest BCUT2D eigenvalue weighted by Crippen LogP contribution is -2.33. The summed E-state index contributed by atoms with van der Waals surface area (Å²) in [4.78, 5) is 15.3. The molecule has 0 saturated heterocycles. The van der Waals surface area contributed by atoms with Crippen molar-refractivity contribution in [2.45, 2.75) is 32.7 Å². The van der Waals surface area contributed by atoms with E-state index in [0.29, 0.717) is 23.4 Å². The molecule has 5 nitrogen and oxygen atoms in total. The van der Waals surface area contributed by atoms with E-state index in [1.165, 1.54) is 17.3 Å². The number of ether oxygens (including phenoxy) is 1. The number of nitrogens with one attached hydrogen (secondary N) is 1. The fourth-order valence-corrected chi connectivity index (χ4v) is 3.14. The quantitative estimate of drug-likeness (QED) is 0.885. The predicted molar refractivity (Wildman–Crippen MR) is 93.2 cm³/mol. The van der Waals surface area contributed by atoms with E-state index >= 15 is 0 Å². The molecule has 1 aromatic heterocycles. The third kappa shape index (κ3) is 3.26. The summed E-state index contributed by atoms with van der Waals surface area (Å²) in [5.74, 6) is 1.37. The van der Waals surface area contributed by atoms with Crippen molar-refractivity contribution in [1.29, 1.82) is 0 Å². The molecule has 5 heteroatoms. The van der Waals surface area contributed by atoms with Gasteiger partial charge >= 0.3 is 0 Å². The summed E-state index contributed by atoms with van der Waals surface area (Å²) in [7, 11) is 0. The van der Waals surface area contributed by atoms with E-state index in [4.69, 9.17) is 10.5 Å². The summed E-state index contributed by atoms with van der Waals surface area (Å²) >= 11 is 0. The first-order valence-corrected chi connectivity index (χ1v) is 8.39. The molecule has 126 valence electrons. The van der Waals surface area contributed by atoms with E-state index in [9.17, 15) is 4.79 Å². The topological polar surface area (TPSA) is 77.2 Å². The largest absolute Gasteiger partial charge is 0.439 e. The summed E-state index contributed by atoms with van der Waals surface area (Å²) in [5.41, 5.74) is 8.16. The number of pyridine rings is 1. The Bertz CT molecular complexity index is 728. The Balaban J connectivity index is 1.88. The van der Waals surface area contributed by atoms with Crippen LogP contribution in [0.4, 0.5) is 0 Å². The fourth-order valence-electron chi connectivity index (χ4n) is 3.14.